The first-order chi connectivity index (χ1) is 6.24. The highest BCUT2D eigenvalue weighted by atomic mass is 16.5. The van der Waals surface area contributed by atoms with E-state index < -0.39 is 0 Å². The largest absolute Gasteiger partial charge is 0.384 e. The van der Waals surface area contributed by atoms with Crippen molar-refractivity contribution < 1.29 is 4.74 Å². The Kier molecular flexibility index (Phi) is 4.46. The third-order valence-corrected chi connectivity index (χ3v) is 2.92. The van der Waals surface area contributed by atoms with Crippen molar-refractivity contribution in [1.29, 1.82) is 0 Å². The minimum Gasteiger partial charge on any atom is -0.384 e. The fourth-order valence-electron chi connectivity index (χ4n) is 1.85. The van der Waals surface area contributed by atoms with Gasteiger partial charge in [0.05, 0.1) is 0 Å². The van der Waals surface area contributed by atoms with Crippen LogP contribution in [0.4, 0.5) is 0 Å². The van der Waals surface area contributed by atoms with Crippen molar-refractivity contribution in [3.05, 3.63) is 11.1 Å². The Morgan fingerprint density at radius 2 is 2.08 bits per heavy atom. The van der Waals surface area contributed by atoms with E-state index in [0.29, 0.717) is 6.04 Å². The van der Waals surface area contributed by atoms with Gasteiger partial charge < -0.3 is 10.5 Å². The van der Waals surface area contributed by atoms with E-state index in [9.17, 15) is 0 Å². The van der Waals surface area contributed by atoms with Gasteiger partial charge in [0, 0.05) is 19.8 Å². The molecule has 0 aromatic rings. The van der Waals surface area contributed by atoms with E-state index in [-0.39, 0.29) is 0 Å². The number of nitrogens with two attached hydrogens (primary N) is 1. The summed E-state index contributed by atoms with van der Waals surface area (Å²) in [4.78, 5) is 0. The van der Waals surface area contributed by atoms with Crippen molar-refractivity contribution in [2.45, 2.75) is 45.1 Å². The molecule has 1 saturated carbocycles. The molecule has 1 aliphatic carbocycles. The van der Waals surface area contributed by atoms with Crippen LogP contribution in [-0.2, 0) is 4.74 Å². The van der Waals surface area contributed by atoms with Crippen molar-refractivity contribution in [3.8, 4) is 0 Å². The highest BCUT2D eigenvalue weighted by Crippen LogP contribution is 2.26. The Bertz CT molecular complexity index is 177. The molecule has 0 aromatic heterocycles. The Morgan fingerprint density at radius 1 is 1.46 bits per heavy atom. The van der Waals surface area contributed by atoms with Crippen LogP contribution < -0.4 is 5.73 Å². The van der Waals surface area contributed by atoms with Crippen molar-refractivity contribution in [1.82, 2.24) is 0 Å². The van der Waals surface area contributed by atoms with Crippen molar-refractivity contribution in [3.63, 3.8) is 0 Å². The number of ether oxygens (including phenoxy) is 1. The topological polar surface area (TPSA) is 35.2 Å². The third-order valence-electron chi connectivity index (χ3n) is 2.92. The standard InChI is InChI=1S/C11H21NO/c1-9(7-8-13-2)10-3-5-11(12)6-4-10/h11H,3-8,12H2,1-2H3. The second-order valence-corrected chi connectivity index (χ2v) is 3.96. The molecule has 0 spiro atoms. The van der Waals surface area contributed by atoms with Gasteiger partial charge in [0.25, 0.3) is 0 Å². The Balaban J connectivity index is 2.39. The molecule has 1 fully saturated rings. The lowest BCUT2D eigenvalue weighted by Crippen LogP contribution is -2.23. The number of hydrogen-bond acceptors (Lipinski definition) is 2. The molecule has 0 heterocycles. The average molecular weight is 183 g/mol. The van der Waals surface area contributed by atoms with E-state index in [1.807, 2.05) is 0 Å². The van der Waals surface area contributed by atoms with Crippen LogP contribution in [0.3, 0.4) is 0 Å². The lowest BCUT2D eigenvalue weighted by Gasteiger charge is -2.22. The highest BCUT2D eigenvalue weighted by molar-refractivity contribution is 5.14. The number of allylic oxidation sites excluding steroid dienone is 1. The van der Waals surface area contributed by atoms with E-state index in [1.54, 1.807) is 12.7 Å². The van der Waals surface area contributed by atoms with Gasteiger partial charge >= 0.3 is 0 Å². The van der Waals surface area contributed by atoms with Gasteiger partial charge in [-0.2, -0.15) is 0 Å². The molecular formula is C11H21NO. The maximum absolute atomic E-state index is 5.85. The fourth-order valence-corrected chi connectivity index (χ4v) is 1.85. The first-order valence-electron chi connectivity index (χ1n) is 5.16. The van der Waals surface area contributed by atoms with Crippen LogP contribution in [0.1, 0.15) is 39.0 Å². The van der Waals surface area contributed by atoms with Crippen LogP contribution >= 0.6 is 0 Å². The molecule has 0 aliphatic heterocycles. The lowest BCUT2D eigenvalue weighted by molar-refractivity contribution is 0.201. The Morgan fingerprint density at radius 3 is 2.62 bits per heavy atom. The van der Waals surface area contributed by atoms with Crippen LogP contribution in [0, 0.1) is 0 Å². The minimum atomic E-state index is 0.443. The molecule has 0 unspecified atom stereocenters. The van der Waals surface area contributed by atoms with E-state index >= 15 is 0 Å². The maximum atomic E-state index is 5.85. The molecule has 0 saturated heterocycles. The van der Waals surface area contributed by atoms with Gasteiger partial charge in [0.1, 0.15) is 0 Å². The zero-order valence-corrected chi connectivity index (χ0v) is 8.81. The summed E-state index contributed by atoms with van der Waals surface area (Å²) >= 11 is 0. The van der Waals surface area contributed by atoms with Crippen molar-refractivity contribution in [2.75, 3.05) is 13.7 Å². The fraction of sp³-hybridized carbons (Fsp3) is 0.818. The average Bonchev–Trinajstić information content (AvgIpc) is 2.15. The molecule has 1 rings (SSSR count). The highest BCUT2D eigenvalue weighted by Gasteiger charge is 2.13. The Labute approximate surface area is 81.1 Å². The van der Waals surface area contributed by atoms with Gasteiger partial charge in [-0.3, -0.25) is 0 Å². The summed E-state index contributed by atoms with van der Waals surface area (Å²) in [6.45, 7) is 3.08. The van der Waals surface area contributed by atoms with Crippen LogP contribution in [0.25, 0.3) is 0 Å². The van der Waals surface area contributed by atoms with E-state index in [4.69, 9.17) is 10.5 Å². The summed E-state index contributed by atoms with van der Waals surface area (Å²) in [6.07, 6.45) is 5.83. The molecule has 2 heteroatoms. The van der Waals surface area contributed by atoms with E-state index in [0.717, 1.165) is 13.0 Å². The normalized spacial score (nSPS) is 23.3. The molecule has 0 bridgehead atoms. The quantitative estimate of drug-likeness (QED) is 0.681. The molecular weight excluding hydrogens is 162 g/mol. The number of hydrogen-bond donors (Lipinski definition) is 1. The summed E-state index contributed by atoms with van der Waals surface area (Å²) in [5.41, 5.74) is 9.00. The molecule has 0 amide bonds. The number of rotatable bonds is 3. The van der Waals surface area contributed by atoms with Gasteiger partial charge in [-0.15, -0.1) is 0 Å². The van der Waals surface area contributed by atoms with Crippen LogP contribution in [-0.4, -0.2) is 19.8 Å². The zero-order chi connectivity index (χ0) is 9.68. The lowest BCUT2D eigenvalue weighted by atomic mass is 9.88. The van der Waals surface area contributed by atoms with Crippen LogP contribution in [0.5, 0.6) is 0 Å². The van der Waals surface area contributed by atoms with Gasteiger partial charge in [-0.05, 0) is 39.0 Å². The summed E-state index contributed by atoms with van der Waals surface area (Å²) < 4.78 is 5.07. The van der Waals surface area contributed by atoms with E-state index in [2.05, 4.69) is 6.92 Å². The van der Waals surface area contributed by atoms with Gasteiger partial charge in [-0.25, -0.2) is 0 Å². The molecule has 13 heavy (non-hydrogen) atoms. The predicted octanol–water partition coefficient (Wildman–Crippen LogP) is 2.24. The zero-order valence-electron chi connectivity index (χ0n) is 8.81. The maximum Gasteiger partial charge on any atom is 0.0499 e. The summed E-state index contributed by atoms with van der Waals surface area (Å²) in [5.74, 6) is 0. The first kappa shape index (κ1) is 10.7. The van der Waals surface area contributed by atoms with Crippen molar-refractivity contribution >= 4 is 0 Å². The molecule has 1 aliphatic rings. The molecule has 76 valence electrons. The summed E-state index contributed by atoms with van der Waals surface area (Å²) in [6, 6.07) is 0.443. The first-order valence-corrected chi connectivity index (χ1v) is 5.16. The van der Waals surface area contributed by atoms with Gasteiger partial charge in [0.15, 0.2) is 0 Å². The SMILES string of the molecule is COCCC(C)=C1CCC(N)CC1. The second kappa shape index (κ2) is 5.40. The molecule has 0 radical (unpaired) electrons. The van der Waals surface area contributed by atoms with Gasteiger partial charge in [0.2, 0.25) is 0 Å². The minimum absolute atomic E-state index is 0.443. The molecule has 2 N–H and O–H groups in total. The number of methoxy groups -OCH3 is 1. The predicted molar refractivity (Wildman–Crippen MR) is 55.6 cm³/mol. The van der Waals surface area contributed by atoms with E-state index in [1.165, 1.54) is 31.3 Å². The summed E-state index contributed by atoms with van der Waals surface area (Å²) in [5, 5.41) is 0. The smallest absolute Gasteiger partial charge is 0.0499 e. The Hall–Kier alpha value is -0.340. The second-order valence-electron chi connectivity index (χ2n) is 3.96. The van der Waals surface area contributed by atoms with Crippen LogP contribution in [0.15, 0.2) is 11.1 Å². The third kappa shape index (κ3) is 3.49. The monoisotopic (exact) mass is 183 g/mol. The van der Waals surface area contributed by atoms with Crippen LogP contribution in [0.2, 0.25) is 0 Å². The van der Waals surface area contributed by atoms with Gasteiger partial charge in [-0.1, -0.05) is 11.1 Å². The molecule has 2 nitrogen and oxygen atoms in total. The van der Waals surface area contributed by atoms with Crippen molar-refractivity contribution in [2.24, 2.45) is 5.73 Å². The molecule has 0 atom stereocenters. The molecule has 0 aromatic carbocycles. The summed E-state index contributed by atoms with van der Waals surface area (Å²) in [7, 11) is 1.76.